The van der Waals surface area contributed by atoms with E-state index in [1.165, 1.54) is 19.3 Å². The molecule has 0 aromatic rings. The largest absolute Gasteiger partial charge is 0.343 e. The highest BCUT2D eigenvalue weighted by Gasteiger charge is 2.38. The Morgan fingerprint density at radius 2 is 2.15 bits per heavy atom. The molecule has 0 radical (unpaired) electrons. The van der Waals surface area contributed by atoms with Gasteiger partial charge in [-0.1, -0.05) is 0 Å². The van der Waals surface area contributed by atoms with Crippen molar-refractivity contribution in [3.8, 4) is 0 Å². The zero-order valence-corrected chi connectivity index (χ0v) is 8.25. The van der Waals surface area contributed by atoms with Crippen LogP contribution < -0.4 is 5.73 Å². The van der Waals surface area contributed by atoms with E-state index in [4.69, 9.17) is 5.73 Å². The Bertz CT molecular complexity index is 219. The number of hydrogen-bond donors (Lipinski definition) is 1. The third-order valence-electron chi connectivity index (χ3n) is 3.34. The van der Waals surface area contributed by atoms with Gasteiger partial charge in [-0.25, -0.2) is 0 Å². The molecule has 2 fully saturated rings. The van der Waals surface area contributed by atoms with Gasteiger partial charge >= 0.3 is 0 Å². The van der Waals surface area contributed by atoms with E-state index in [1.807, 2.05) is 11.9 Å². The minimum Gasteiger partial charge on any atom is -0.343 e. The highest BCUT2D eigenvalue weighted by atomic mass is 16.2. The summed E-state index contributed by atoms with van der Waals surface area (Å²) in [4.78, 5) is 13.6. The topological polar surface area (TPSA) is 46.3 Å². The third kappa shape index (κ3) is 1.85. The van der Waals surface area contributed by atoms with E-state index < -0.39 is 0 Å². The Kier molecular flexibility index (Phi) is 2.06. The van der Waals surface area contributed by atoms with Crippen LogP contribution in [0.1, 0.15) is 38.5 Å². The Morgan fingerprint density at radius 1 is 1.54 bits per heavy atom. The summed E-state index contributed by atoms with van der Waals surface area (Å²) in [6.45, 7) is 0. The molecule has 74 valence electrons. The van der Waals surface area contributed by atoms with Crippen LogP contribution in [-0.4, -0.2) is 29.4 Å². The van der Waals surface area contributed by atoms with Crippen LogP contribution in [0.3, 0.4) is 0 Å². The normalized spacial score (nSPS) is 25.1. The minimum absolute atomic E-state index is 0.153. The van der Waals surface area contributed by atoms with Gasteiger partial charge in [0.15, 0.2) is 0 Å². The molecule has 13 heavy (non-hydrogen) atoms. The van der Waals surface area contributed by atoms with Crippen molar-refractivity contribution in [2.75, 3.05) is 7.05 Å². The highest BCUT2D eigenvalue weighted by molar-refractivity contribution is 5.78. The van der Waals surface area contributed by atoms with Gasteiger partial charge in [0.05, 0.1) is 0 Å². The molecule has 0 aliphatic heterocycles. The first kappa shape index (κ1) is 9.00. The van der Waals surface area contributed by atoms with Crippen molar-refractivity contribution in [2.24, 2.45) is 5.73 Å². The number of nitrogens with two attached hydrogens (primary N) is 1. The van der Waals surface area contributed by atoms with Gasteiger partial charge < -0.3 is 10.6 Å². The van der Waals surface area contributed by atoms with Gasteiger partial charge in [0.2, 0.25) is 5.91 Å². The number of amides is 1. The summed E-state index contributed by atoms with van der Waals surface area (Å²) >= 11 is 0. The summed E-state index contributed by atoms with van der Waals surface area (Å²) < 4.78 is 0. The number of rotatable bonds is 3. The van der Waals surface area contributed by atoms with Crippen LogP contribution in [0, 0.1) is 0 Å². The Labute approximate surface area is 79.3 Å². The van der Waals surface area contributed by atoms with E-state index in [0.29, 0.717) is 12.5 Å². The van der Waals surface area contributed by atoms with E-state index >= 15 is 0 Å². The Morgan fingerprint density at radius 3 is 2.54 bits per heavy atom. The maximum absolute atomic E-state index is 11.7. The first-order valence-electron chi connectivity index (χ1n) is 5.15. The second kappa shape index (κ2) is 2.98. The van der Waals surface area contributed by atoms with Gasteiger partial charge in [0, 0.05) is 25.0 Å². The van der Waals surface area contributed by atoms with E-state index in [9.17, 15) is 4.79 Å². The molecule has 0 bridgehead atoms. The molecule has 2 aliphatic carbocycles. The van der Waals surface area contributed by atoms with Gasteiger partial charge in [-0.3, -0.25) is 4.79 Å². The van der Waals surface area contributed by atoms with Gasteiger partial charge in [-0.05, 0) is 32.1 Å². The Balaban J connectivity index is 1.82. The first-order valence-corrected chi connectivity index (χ1v) is 5.15. The summed E-state index contributed by atoms with van der Waals surface area (Å²) in [5.41, 5.74) is 5.86. The van der Waals surface area contributed by atoms with Crippen molar-refractivity contribution in [3.63, 3.8) is 0 Å². The van der Waals surface area contributed by atoms with Crippen molar-refractivity contribution in [1.82, 2.24) is 4.90 Å². The summed E-state index contributed by atoms with van der Waals surface area (Å²) in [6, 6.07) is 0.524. The van der Waals surface area contributed by atoms with Crippen molar-refractivity contribution in [1.29, 1.82) is 0 Å². The van der Waals surface area contributed by atoms with Crippen LogP contribution >= 0.6 is 0 Å². The number of carbonyl (C=O) groups excluding carboxylic acids is 1. The standard InChI is InChI=1S/C10H18N2O/c1-12(8-3-4-8)9(13)7-10(11)5-2-6-10/h8H,2-7,11H2,1H3. The van der Waals surface area contributed by atoms with Crippen LogP contribution in [0.5, 0.6) is 0 Å². The van der Waals surface area contributed by atoms with Crippen molar-refractivity contribution < 1.29 is 4.79 Å². The number of carbonyl (C=O) groups is 1. The van der Waals surface area contributed by atoms with Crippen LogP contribution in [0.4, 0.5) is 0 Å². The zero-order valence-electron chi connectivity index (χ0n) is 8.25. The molecule has 0 atom stereocenters. The molecule has 0 saturated heterocycles. The summed E-state index contributed by atoms with van der Waals surface area (Å²) in [6.07, 6.45) is 6.16. The van der Waals surface area contributed by atoms with Gasteiger partial charge in [-0.15, -0.1) is 0 Å². The van der Waals surface area contributed by atoms with Crippen LogP contribution in [0.2, 0.25) is 0 Å². The molecule has 0 aromatic carbocycles. The summed E-state index contributed by atoms with van der Waals surface area (Å²) in [5.74, 6) is 0.240. The lowest BCUT2D eigenvalue weighted by Gasteiger charge is -2.38. The van der Waals surface area contributed by atoms with E-state index in [1.54, 1.807) is 0 Å². The summed E-state index contributed by atoms with van der Waals surface area (Å²) in [7, 11) is 1.90. The molecule has 0 unspecified atom stereocenters. The predicted octanol–water partition coefficient (Wildman–Crippen LogP) is 0.879. The van der Waals surface area contributed by atoms with E-state index in [0.717, 1.165) is 12.8 Å². The lowest BCUT2D eigenvalue weighted by atomic mass is 9.75. The molecule has 2 saturated carbocycles. The molecule has 1 amide bonds. The predicted molar refractivity (Wildman–Crippen MR) is 51.2 cm³/mol. The number of nitrogens with zero attached hydrogens (tertiary/aromatic N) is 1. The molecule has 0 spiro atoms. The fourth-order valence-electron chi connectivity index (χ4n) is 1.90. The molecule has 3 heteroatoms. The molecule has 2 aliphatic rings. The average molecular weight is 182 g/mol. The summed E-state index contributed by atoms with van der Waals surface area (Å²) in [5, 5.41) is 0. The molecule has 2 rings (SSSR count). The maximum Gasteiger partial charge on any atom is 0.224 e. The first-order chi connectivity index (χ1) is 6.11. The smallest absolute Gasteiger partial charge is 0.224 e. The molecular weight excluding hydrogens is 164 g/mol. The van der Waals surface area contributed by atoms with Gasteiger partial charge in [0.1, 0.15) is 0 Å². The average Bonchev–Trinajstić information content (AvgIpc) is 2.82. The fourth-order valence-corrected chi connectivity index (χ4v) is 1.90. The molecule has 2 N–H and O–H groups in total. The zero-order chi connectivity index (χ0) is 9.47. The van der Waals surface area contributed by atoms with Crippen molar-refractivity contribution in [3.05, 3.63) is 0 Å². The van der Waals surface area contributed by atoms with Crippen molar-refractivity contribution in [2.45, 2.75) is 50.1 Å². The van der Waals surface area contributed by atoms with Crippen LogP contribution in [0.25, 0.3) is 0 Å². The Hall–Kier alpha value is -0.570. The van der Waals surface area contributed by atoms with E-state index in [2.05, 4.69) is 0 Å². The van der Waals surface area contributed by atoms with Crippen molar-refractivity contribution >= 4 is 5.91 Å². The quantitative estimate of drug-likeness (QED) is 0.704. The minimum atomic E-state index is -0.153. The van der Waals surface area contributed by atoms with Crippen LogP contribution in [0.15, 0.2) is 0 Å². The van der Waals surface area contributed by atoms with Gasteiger partial charge in [-0.2, -0.15) is 0 Å². The molecule has 0 heterocycles. The van der Waals surface area contributed by atoms with Gasteiger partial charge in [0.25, 0.3) is 0 Å². The second-order valence-corrected chi connectivity index (χ2v) is 4.63. The SMILES string of the molecule is CN(C(=O)CC1(N)CCC1)C1CC1. The lowest BCUT2D eigenvalue weighted by Crippen LogP contribution is -2.50. The molecule has 3 nitrogen and oxygen atoms in total. The fraction of sp³-hybridized carbons (Fsp3) is 0.900. The molecular formula is C10H18N2O. The van der Waals surface area contributed by atoms with E-state index in [-0.39, 0.29) is 11.4 Å². The number of hydrogen-bond acceptors (Lipinski definition) is 2. The monoisotopic (exact) mass is 182 g/mol. The van der Waals surface area contributed by atoms with Crippen LogP contribution in [-0.2, 0) is 4.79 Å². The second-order valence-electron chi connectivity index (χ2n) is 4.63. The highest BCUT2D eigenvalue weighted by Crippen LogP contribution is 2.34. The maximum atomic E-state index is 11.7. The molecule has 0 aromatic heterocycles. The lowest BCUT2D eigenvalue weighted by molar-refractivity contribution is -0.132. The third-order valence-corrected chi connectivity index (χ3v) is 3.34.